The highest BCUT2D eigenvalue weighted by atomic mass is 16.5. The Bertz CT molecular complexity index is 509. The molecule has 1 N–H and O–H groups in total. The maximum Gasteiger partial charge on any atom is 0.320 e. The number of ether oxygens (including phenoxy) is 1. The van der Waals surface area contributed by atoms with E-state index < -0.39 is 11.9 Å². The molecule has 0 amide bonds. The van der Waals surface area contributed by atoms with Crippen LogP contribution in [0.1, 0.15) is 31.4 Å². The molecule has 2 rings (SSSR count). The number of nitrogens with zero attached hydrogens (tertiary/aromatic N) is 3. The Kier molecular flexibility index (Phi) is 3.55. The van der Waals surface area contributed by atoms with Crippen molar-refractivity contribution >= 4 is 17.8 Å². The second-order valence-electron chi connectivity index (χ2n) is 4.88. The van der Waals surface area contributed by atoms with E-state index in [1.54, 1.807) is 13.8 Å². The minimum atomic E-state index is -0.881. The summed E-state index contributed by atoms with van der Waals surface area (Å²) < 4.78 is 6.14. The fourth-order valence-electron chi connectivity index (χ4n) is 2.21. The normalized spacial score (nSPS) is 22.1. The first-order valence-electron chi connectivity index (χ1n) is 6.36. The van der Waals surface area contributed by atoms with Gasteiger partial charge in [-0.2, -0.15) is 9.67 Å². The van der Waals surface area contributed by atoms with Crippen LogP contribution in [-0.4, -0.2) is 39.3 Å². The number of aryl methyl sites for hydroxylation is 1. The molecule has 7 nitrogen and oxygen atoms in total. The second kappa shape index (κ2) is 4.99. The Hall–Kier alpha value is -1.92. The third kappa shape index (κ3) is 2.32. The summed E-state index contributed by atoms with van der Waals surface area (Å²) in [7, 11) is 0. The molecule has 0 spiro atoms. The molecule has 0 bridgehead atoms. The monoisotopic (exact) mass is 266 g/mol. The lowest BCUT2D eigenvalue weighted by Crippen LogP contribution is -2.50. The van der Waals surface area contributed by atoms with Gasteiger partial charge in [0.25, 0.3) is 5.91 Å². The number of hydrogen-bond donors (Lipinski definition) is 1. The molecule has 2 heterocycles. The van der Waals surface area contributed by atoms with Crippen LogP contribution in [0.4, 0.5) is 5.95 Å². The van der Waals surface area contributed by atoms with Gasteiger partial charge in [-0.3, -0.25) is 9.59 Å². The average Bonchev–Trinajstić information content (AvgIpc) is 2.70. The fourth-order valence-corrected chi connectivity index (χ4v) is 2.21. The first-order valence-corrected chi connectivity index (χ1v) is 6.36. The van der Waals surface area contributed by atoms with Gasteiger partial charge in [-0.05, 0) is 19.8 Å². The molecule has 7 heteroatoms. The maximum atomic E-state index is 12.4. The van der Waals surface area contributed by atoms with Gasteiger partial charge in [-0.1, -0.05) is 13.8 Å². The number of carbonyl (C=O) groups excluding carboxylic acids is 2. The largest absolute Gasteiger partial charge is 0.465 e. The van der Waals surface area contributed by atoms with E-state index in [0.717, 1.165) is 4.68 Å². The van der Waals surface area contributed by atoms with Crippen molar-refractivity contribution in [2.75, 3.05) is 11.9 Å². The van der Waals surface area contributed by atoms with E-state index in [1.165, 1.54) is 0 Å². The first kappa shape index (κ1) is 13.5. The summed E-state index contributed by atoms with van der Waals surface area (Å²) in [6, 6.07) is -0.331. The molecule has 1 aromatic heterocycles. The van der Waals surface area contributed by atoms with Crippen molar-refractivity contribution < 1.29 is 14.3 Å². The van der Waals surface area contributed by atoms with E-state index in [4.69, 9.17) is 4.74 Å². The number of hydrogen-bond acceptors (Lipinski definition) is 6. The van der Waals surface area contributed by atoms with E-state index in [0.29, 0.717) is 11.8 Å². The zero-order valence-corrected chi connectivity index (χ0v) is 11.5. The minimum absolute atomic E-state index is 0.0871. The topological polar surface area (TPSA) is 86.1 Å². The van der Waals surface area contributed by atoms with Gasteiger partial charge >= 0.3 is 5.97 Å². The summed E-state index contributed by atoms with van der Waals surface area (Å²) >= 11 is 0. The highest BCUT2D eigenvalue weighted by molar-refractivity contribution is 6.02. The molecule has 0 aromatic carbocycles. The summed E-state index contributed by atoms with van der Waals surface area (Å²) in [5, 5.41) is 7.11. The Morgan fingerprint density at radius 2 is 2.21 bits per heavy atom. The fraction of sp³-hybridized carbons (Fsp3) is 0.667. The van der Waals surface area contributed by atoms with E-state index >= 15 is 0 Å². The van der Waals surface area contributed by atoms with Gasteiger partial charge in [0.05, 0.1) is 12.6 Å². The van der Waals surface area contributed by atoms with Crippen LogP contribution in [0.2, 0.25) is 0 Å². The number of esters is 1. The Morgan fingerprint density at radius 1 is 1.53 bits per heavy atom. The van der Waals surface area contributed by atoms with Crippen LogP contribution in [0.25, 0.3) is 0 Å². The minimum Gasteiger partial charge on any atom is -0.465 e. The Morgan fingerprint density at radius 3 is 2.79 bits per heavy atom. The summed E-state index contributed by atoms with van der Waals surface area (Å²) in [6.07, 6.45) is 0. The van der Waals surface area contributed by atoms with E-state index in [9.17, 15) is 9.59 Å². The lowest BCUT2D eigenvalue weighted by atomic mass is 9.88. The van der Waals surface area contributed by atoms with Gasteiger partial charge in [0, 0.05) is 0 Å². The van der Waals surface area contributed by atoms with Gasteiger partial charge in [-0.25, -0.2) is 0 Å². The molecule has 19 heavy (non-hydrogen) atoms. The number of aromatic nitrogens is 3. The molecule has 104 valence electrons. The van der Waals surface area contributed by atoms with Crippen LogP contribution in [0.5, 0.6) is 0 Å². The SMILES string of the molecule is CCOC(=O)C1C(=O)n2nc(C)nc2NC1C(C)C. The molecule has 0 saturated heterocycles. The van der Waals surface area contributed by atoms with E-state index in [2.05, 4.69) is 15.4 Å². The number of anilines is 1. The predicted octanol–water partition coefficient (Wildman–Crippen LogP) is 0.856. The summed E-state index contributed by atoms with van der Waals surface area (Å²) in [5.74, 6) is -0.814. The summed E-state index contributed by atoms with van der Waals surface area (Å²) in [6.45, 7) is 7.54. The highest BCUT2D eigenvalue weighted by Crippen LogP contribution is 2.26. The molecule has 1 aliphatic rings. The zero-order chi connectivity index (χ0) is 14.2. The van der Waals surface area contributed by atoms with Gasteiger partial charge in [0.2, 0.25) is 5.95 Å². The second-order valence-corrected chi connectivity index (χ2v) is 4.88. The van der Waals surface area contributed by atoms with Crippen molar-refractivity contribution in [2.24, 2.45) is 11.8 Å². The van der Waals surface area contributed by atoms with Crippen LogP contribution in [-0.2, 0) is 9.53 Å². The van der Waals surface area contributed by atoms with Crippen molar-refractivity contribution in [3.8, 4) is 0 Å². The number of carbonyl (C=O) groups is 2. The lowest BCUT2D eigenvalue weighted by Gasteiger charge is -2.32. The zero-order valence-electron chi connectivity index (χ0n) is 11.5. The molecule has 0 radical (unpaired) electrons. The Labute approximate surface area is 111 Å². The molecule has 0 aliphatic carbocycles. The third-order valence-corrected chi connectivity index (χ3v) is 3.10. The molecule has 2 atom stereocenters. The van der Waals surface area contributed by atoms with Crippen molar-refractivity contribution in [3.63, 3.8) is 0 Å². The van der Waals surface area contributed by atoms with Crippen LogP contribution in [0, 0.1) is 18.8 Å². The van der Waals surface area contributed by atoms with Gasteiger partial charge in [0.15, 0.2) is 5.92 Å². The molecule has 0 saturated carbocycles. The first-order chi connectivity index (χ1) is 8.95. The highest BCUT2D eigenvalue weighted by Gasteiger charge is 2.44. The summed E-state index contributed by atoms with van der Waals surface area (Å²) in [5.41, 5.74) is 0. The van der Waals surface area contributed by atoms with Crippen molar-refractivity contribution in [1.82, 2.24) is 14.8 Å². The molecular formula is C12H18N4O3. The molecule has 1 aliphatic heterocycles. The molecular weight excluding hydrogens is 248 g/mol. The van der Waals surface area contributed by atoms with Crippen molar-refractivity contribution in [2.45, 2.75) is 33.7 Å². The smallest absolute Gasteiger partial charge is 0.320 e. The lowest BCUT2D eigenvalue weighted by molar-refractivity contribution is -0.147. The number of nitrogens with one attached hydrogen (secondary N) is 1. The molecule has 1 aromatic rings. The quantitative estimate of drug-likeness (QED) is 0.645. The van der Waals surface area contributed by atoms with Gasteiger partial charge in [-0.15, -0.1) is 5.10 Å². The molecule has 2 unspecified atom stereocenters. The third-order valence-electron chi connectivity index (χ3n) is 3.10. The van der Waals surface area contributed by atoms with Crippen LogP contribution in [0.3, 0.4) is 0 Å². The van der Waals surface area contributed by atoms with Crippen LogP contribution < -0.4 is 5.32 Å². The van der Waals surface area contributed by atoms with Crippen LogP contribution >= 0.6 is 0 Å². The van der Waals surface area contributed by atoms with E-state index in [-0.39, 0.29) is 24.5 Å². The van der Waals surface area contributed by atoms with Crippen molar-refractivity contribution in [1.29, 1.82) is 0 Å². The average molecular weight is 266 g/mol. The standard InChI is InChI=1S/C12H18N4O3/c1-5-19-11(18)8-9(6(2)3)14-12-13-7(4)15-16(12)10(8)17/h6,8-9H,5H2,1-4H3,(H,13,14,15). The summed E-state index contributed by atoms with van der Waals surface area (Å²) in [4.78, 5) is 28.5. The van der Waals surface area contributed by atoms with Crippen LogP contribution in [0.15, 0.2) is 0 Å². The number of fused-ring (bicyclic) bond motifs is 1. The predicted molar refractivity (Wildman–Crippen MR) is 67.8 cm³/mol. The van der Waals surface area contributed by atoms with Gasteiger partial charge < -0.3 is 10.1 Å². The van der Waals surface area contributed by atoms with Crippen molar-refractivity contribution in [3.05, 3.63) is 5.82 Å². The number of rotatable bonds is 3. The Balaban J connectivity index is 2.40. The molecule has 0 fully saturated rings. The van der Waals surface area contributed by atoms with E-state index in [1.807, 2.05) is 13.8 Å². The maximum absolute atomic E-state index is 12.4. The van der Waals surface area contributed by atoms with Gasteiger partial charge in [0.1, 0.15) is 5.82 Å².